The molecule has 0 aliphatic rings. The van der Waals surface area contributed by atoms with E-state index in [0.29, 0.717) is 12.8 Å². The van der Waals surface area contributed by atoms with Crippen molar-refractivity contribution in [3.05, 3.63) is 35.4 Å². The third-order valence-corrected chi connectivity index (χ3v) is 3.54. The number of benzene rings is 1. The highest BCUT2D eigenvalue weighted by Gasteiger charge is 2.04. The normalized spacial score (nSPS) is 9.18. The van der Waals surface area contributed by atoms with E-state index in [2.05, 4.69) is 0 Å². The zero-order valence-corrected chi connectivity index (χ0v) is 19.0. The lowest BCUT2D eigenvalue weighted by atomic mass is 10.1. The average Bonchev–Trinajstić information content (AvgIpc) is 2.80. The monoisotopic (exact) mass is 492 g/mol. The van der Waals surface area contributed by atoms with E-state index in [4.69, 9.17) is 40.9 Å². The van der Waals surface area contributed by atoms with Gasteiger partial charge in [-0.25, -0.2) is 9.59 Å². The van der Waals surface area contributed by atoms with E-state index in [-0.39, 0.29) is 50.4 Å². The van der Waals surface area contributed by atoms with Crippen molar-refractivity contribution in [2.24, 2.45) is 0 Å². The van der Waals surface area contributed by atoms with Crippen molar-refractivity contribution in [1.29, 1.82) is 0 Å². The highest BCUT2D eigenvalue weighted by atomic mass is 16.4. The Hall–Kier alpha value is -3.06. The second-order valence-corrected chi connectivity index (χ2v) is 6.49. The molecule has 1 aromatic carbocycles. The number of rotatable bonds is 13. The zero-order valence-electron chi connectivity index (χ0n) is 19.0. The van der Waals surface area contributed by atoms with Crippen molar-refractivity contribution in [3.8, 4) is 0 Å². The van der Waals surface area contributed by atoms with Crippen molar-refractivity contribution in [2.75, 3.05) is 26.4 Å². The fourth-order valence-corrected chi connectivity index (χ4v) is 1.76. The molecule has 196 valence electrons. The van der Waals surface area contributed by atoms with Gasteiger partial charge in [0.25, 0.3) is 0 Å². The van der Waals surface area contributed by atoms with Crippen LogP contribution in [0.4, 0.5) is 0 Å². The number of aromatic carboxylic acids is 2. The second kappa shape index (κ2) is 26.2. The minimum absolute atomic E-state index is 0.0628. The quantitative estimate of drug-likeness (QED) is 0.182. The zero-order chi connectivity index (χ0) is 26.8. The molecule has 0 saturated heterocycles. The number of carbonyl (C=O) groups is 4. The van der Waals surface area contributed by atoms with Crippen LogP contribution in [0.1, 0.15) is 72.1 Å². The van der Waals surface area contributed by atoms with Crippen LogP contribution >= 0.6 is 0 Å². The molecular weight excluding hydrogens is 456 g/mol. The fourth-order valence-electron chi connectivity index (χ4n) is 1.76. The number of hydrogen-bond donors (Lipinski definition) is 8. The summed E-state index contributed by atoms with van der Waals surface area (Å²) in [5.41, 5.74) is 0.167. The van der Waals surface area contributed by atoms with Gasteiger partial charge in [0.05, 0.1) is 11.1 Å². The molecule has 0 spiro atoms. The van der Waals surface area contributed by atoms with Crippen LogP contribution in [0.15, 0.2) is 24.3 Å². The van der Waals surface area contributed by atoms with Crippen LogP contribution < -0.4 is 0 Å². The molecule has 1 aromatic rings. The maximum Gasteiger partial charge on any atom is 0.335 e. The molecule has 12 nitrogen and oxygen atoms in total. The van der Waals surface area contributed by atoms with Gasteiger partial charge >= 0.3 is 23.9 Å². The lowest BCUT2D eigenvalue weighted by Gasteiger charge is -1.94. The average molecular weight is 493 g/mol. The topological polar surface area (TPSA) is 230 Å². The molecule has 8 N–H and O–H groups in total. The Morgan fingerprint density at radius 3 is 0.853 bits per heavy atom. The van der Waals surface area contributed by atoms with Crippen LogP contribution in [0.3, 0.4) is 0 Å². The van der Waals surface area contributed by atoms with Crippen LogP contribution in [0, 0.1) is 0 Å². The first-order chi connectivity index (χ1) is 16.1. The van der Waals surface area contributed by atoms with Crippen LogP contribution in [-0.2, 0) is 9.59 Å². The van der Waals surface area contributed by atoms with Crippen molar-refractivity contribution >= 4 is 23.9 Å². The lowest BCUT2D eigenvalue weighted by Crippen LogP contribution is -1.99. The summed E-state index contributed by atoms with van der Waals surface area (Å²) in [4.78, 5) is 40.5. The standard InChI is InChI=1S/C8H6O4.C6H10O4.2C4H10O2/c9-7(10)5-1-2-6(4-3-5)8(11)12;7-5(8)3-1-2-4-6(9)10;2*5-3-1-2-4-6/h1-4H,(H,9,10)(H,11,12);1-4H2,(H,7,8)(H,9,10);2*5-6H,1-4H2. The number of hydrogen-bond acceptors (Lipinski definition) is 8. The van der Waals surface area contributed by atoms with E-state index in [0.717, 1.165) is 25.7 Å². The number of aliphatic hydroxyl groups is 4. The summed E-state index contributed by atoms with van der Waals surface area (Å²) in [6.07, 6.45) is 3.89. The molecule has 1 rings (SSSR count). The van der Waals surface area contributed by atoms with Crippen LogP contribution in [0.2, 0.25) is 0 Å². The van der Waals surface area contributed by atoms with E-state index in [1.807, 2.05) is 0 Å². The number of unbranched alkanes of at least 4 members (excludes halogenated alkanes) is 3. The Morgan fingerprint density at radius 1 is 0.471 bits per heavy atom. The predicted molar refractivity (Wildman–Crippen MR) is 121 cm³/mol. The Balaban J connectivity index is -0.000000396. The third kappa shape index (κ3) is 28.9. The Labute approximate surface area is 197 Å². The SMILES string of the molecule is O=C(O)CCCCC(=O)O.O=C(O)c1ccc(C(=O)O)cc1.OCCCCO.OCCCCO. The van der Waals surface area contributed by atoms with Gasteiger partial charge < -0.3 is 40.9 Å². The fraction of sp³-hybridized carbons (Fsp3) is 0.545. The second-order valence-electron chi connectivity index (χ2n) is 6.49. The van der Waals surface area contributed by atoms with Crippen molar-refractivity contribution in [2.45, 2.75) is 51.4 Å². The predicted octanol–water partition coefficient (Wildman–Crippen LogP) is 1.30. The molecule has 0 heterocycles. The van der Waals surface area contributed by atoms with Crippen molar-refractivity contribution < 1.29 is 60.0 Å². The van der Waals surface area contributed by atoms with Gasteiger partial charge in [-0.15, -0.1) is 0 Å². The van der Waals surface area contributed by atoms with Crippen molar-refractivity contribution in [1.82, 2.24) is 0 Å². The van der Waals surface area contributed by atoms with Crippen LogP contribution in [0.5, 0.6) is 0 Å². The van der Waals surface area contributed by atoms with Gasteiger partial charge in [-0.05, 0) is 62.8 Å². The molecule has 0 atom stereocenters. The van der Waals surface area contributed by atoms with Gasteiger partial charge in [0.2, 0.25) is 0 Å². The molecule has 0 fully saturated rings. The number of carboxylic acids is 4. The van der Waals surface area contributed by atoms with Crippen LogP contribution in [-0.4, -0.2) is 91.2 Å². The molecule has 0 aliphatic carbocycles. The van der Waals surface area contributed by atoms with Crippen LogP contribution in [0.25, 0.3) is 0 Å². The summed E-state index contributed by atoms with van der Waals surface area (Å²) < 4.78 is 0. The van der Waals surface area contributed by atoms with Crippen molar-refractivity contribution in [3.63, 3.8) is 0 Å². The molecule has 0 amide bonds. The highest BCUT2D eigenvalue weighted by molar-refractivity contribution is 5.91. The molecule has 0 aromatic heterocycles. The molecule has 0 saturated carbocycles. The van der Waals surface area contributed by atoms with Gasteiger partial charge in [0.15, 0.2) is 0 Å². The van der Waals surface area contributed by atoms with E-state index < -0.39 is 23.9 Å². The summed E-state index contributed by atoms with van der Waals surface area (Å²) in [6.45, 7) is 0.780. The van der Waals surface area contributed by atoms with Gasteiger partial charge in [-0.1, -0.05) is 0 Å². The maximum absolute atomic E-state index is 10.3. The Morgan fingerprint density at radius 2 is 0.706 bits per heavy atom. The Bertz CT molecular complexity index is 593. The number of aliphatic carboxylic acids is 2. The lowest BCUT2D eigenvalue weighted by molar-refractivity contribution is -0.139. The van der Waals surface area contributed by atoms with Gasteiger partial charge in [0.1, 0.15) is 0 Å². The summed E-state index contributed by atoms with van der Waals surface area (Å²) in [6, 6.07) is 5.02. The summed E-state index contributed by atoms with van der Waals surface area (Å²) in [5, 5.41) is 65.5. The highest BCUT2D eigenvalue weighted by Crippen LogP contribution is 2.03. The first-order valence-corrected chi connectivity index (χ1v) is 10.5. The minimum atomic E-state index is -1.06. The molecular formula is C22H36O12. The van der Waals surface area contributed by atoms with E-state index in [9.17, 15) is 19.2 Å². The first kappa shape index (κ1) is 35.5. The van der Waals surface area contributed by atoms with Gasteiger partial charge in [-0.2, -0.15) is 0 Å². The first-order valence-electron chi connectivity index (χ1n) is 10.5. The molecule has 0 unspecified atom stereocenters. The summed E-state index contributed by atoms with van der Waals surface area (Å²) in [7, 11) is 0. The third-order valence-electron chi connectivity index (χ3n) is 3.54. The van der Waals surface area contributed by atoms with E-state index >= 15 is 0 Å². The largest absolute Gasteiger partial charge is 0.481 e. The smallest absolute Gasteiger partial charge is 0.335 e. The summed E-state index contributed by atoms with van der Waals surface area (Å²) >= 11 is 0. The molecule has 34 heavy (non-hydrogen) atoms. The number of carboxylic acid groups (broad SMARTS) is 4. The summed E-state index contributed by atoms with van der Waals surface area (Å²) in [5.74, 6) is -3.87. The molecule has 0 bridgehead atoms. The molecule has 0 radical (unpaired) electrons. The molecule has 12 heteroatoms. The van der Waals surface area contributed by atoms with Gasteiger partial charge in [-0.3, -0.25) is 9.59 Å². The molecule has 0 aliphatic heterocycles. The van der Waals surface area contributed by atoms with E-state index in [1.54, 1.807) is 0 Å². The van der Waals surface area contributed by atoms with E-state index in [1.165, 1.54) is 24.3 Å². The Kier molecular flexibility index (Phi) is 27.4. The maximum atomic E-state index is 10.3. The number of aliphatic hydroxyl groups excluding tert-OH is 4. The van der Waals surface area contributed by atoms with Gasteiger partial charge in [0, 0.05) is 39.3 Å². The minimum Gasteiger partial charge on any atom is -0.481 e.